The highest BCUT2D eigenvalue weighted by Gasteiger charge is 2.39. The molecule has 2 aromatic rings. The van der Waals surface area contributed by atoms with E-state index < -0.39 is 6.04 Å². The number of nitrogens with zero attached hydrogens (tertiary/aromatic N) is 3. The second-order valence-corrected chi connectivity index (χ2v) is 8.01. The summed E-state index contributed by atoms with van der Waals surface area (Å²) in [6.45, 7) is 4.43. The summed E-state index contributed by atoms with van der Waals surface area (Å²) >= 11 is 0. The molecular weight excluding hydrogens is 384 g/mol. The molecule has 3 N–H and O–H groups in total. The predicted molar refractivity (Wildman–Crippen MR) is 107 cm³/mol. The minimum absolute atomic E-state index is 0.141. The first kappa shape index (κ1) is 19.0. The van der Waals surface area contributed by atoms with Crippen LogP contribution >= 0.6 is 0 Å². The van der Waals surface area contributed by atoms with Gasteiger partial charge in [-0.1, -0.05) is 12.1 Å². The Morgan fingerprint density at radius 3 is 2.97 bits per heavy atom. The summed E-state index contributed by atoms with van der Waals surface area (Å²) in [5.74, 6) is -0.796. The van der Waals surface area contributed by atoms with Crippen molar-refractivity contribution in [3.05, 3.63) is 52.3 Å². The second-order valence-electron chi connectivity index (χ2n) is 8.01. The Morgan fingerprint density at radius 1 is 1.20 bits per heavy atom. The van der Waals surface area contributed by atoms with Crippen LogP contribution in [0.2, 0.25) is 0 Å². The molecule has 1 aromatic carbocycles. The number of rotatable bonds is 5. The molecule has 0 aliphatic carbocycles. The normalized spacial score (nSPS) is 20.9. The second kappa shape index (κ2) is 7.66. The molecule has 1 fully saturated rings. The van der Waals surface area contributed by atoms with Gasteiger partial charge in [-0.05, 0) is 23.6 Å². The Morgan fingerprint density at radius 2 is 2.10 bits per heavy atom. The van der Waals surface area contributed by atoms with Crippen LogP contribution in [-0.2, 0) is 42.3 Å². The minimum Gasteiger partial charge on any atom is -0.322 e. The number of nitrogens with one attached hydrogen (secondary N) is 3. The highest BCUT2D eigenvalue weighted by Crippen LogP contribution is 2.28. The van der Waals surface area contributed by atoms with Gasteiger partial charge < -0.3 is 15.5 Å². The summed E-state index contributed by atoms with van der Waals surface area (Å²) < 4.78 is 2.05. The summed E-state index contributed by atoms with van der Waals surface area (Å²) in [5.41, 5.74) is 4.99. The van der Waals surface area contributed by atoms with E-state index in [1.54, 1.807) is 4.90 Å². The quantitative estimate of drug-likeness (QED) is 0.603. The lowest BCUT2D eigenvalue weighted by Gasteiger charge is -2.29. The van der Waals surface area contributed by atoms with Crippen LogP contribution in [0, 0.1) is 0 Å². The fourth-order valence-corrected chi connectivity index (χ4v) is 4.44. The Labute approximate surface area is 173 Å². The zero-order valence-corrected chi connectivity index (χ0v) is 16.6. The molecule has 0 bridgehead atoms. The smallest absolute Gasteiger partial charge is 0.255 e. The largest absolute Gasteiger partial charge is 0.322 e. The van der Waals surface area contributed by atoms with E-state index >= 15 is 0 Å². The number of fused-ring (bicyclic) bond motifs is 2. The number of carbonyl (C=O) groups excluding carboxylic acids is 3. The van der Waals surface area contributed by atoms with E-state index in [1.165, 1.54) is 11.3 Å². The highest BCUT2D eigenvalue weighted by molar-refractivity contribution is 6.05. The van der Waals surface area contributed by atoms with Gasteiger partial charge in [0.25, 0.3) is 5.91 Å². The van der Waals surface area contributed by atoms with E-state index in [9.17, 15) is 14.4 Å². The van der Waals surface area contributed by atoms with E-state index in [0.29, 0.717) is 31.6 Å². The van der Waals surface area contributed by atoms with Crippen LogP contribution < -0.4 is 16.0 Å². The maximum Gasteiger partial charge on any atom is 0.255 e. The highest BCUT2D eigenvalue weighted by atomic mass is 16.2. The van der Waals surface area contributed by atoms with Crippen LogP contribution in [0.25, 0.3) is 0 Å². The van der Waals surface area contributed by atoms with Gasteiger partial charge >= 0.3 is 0 Å². The molecule has 4 heterocycles. The lowest BCUT2D eigenvalue weighted by Crippen LogP contribution is -2.52. The van der Waals surface area contributed by atoms with Gasteiger partial charge in [0.1, 0.15) is 6.04 Å². The Balaban J connectivity index is 1.23. The molecule has 9 heteroatoms. The SMILES string of the molecule is O=C1CCC(N2Cc3ccc(CNCc4cnn5c4CNCC5)cc3C2=O)C(=O)N1. The van der Waals surface area contributed by atoms with Crippen molar-refractivity contribution in [2.45, 2.75) is 51.6 Å². The number of carbonyl (C=O) groups is 3. The summed E-state index contributed by atoms with van der Waals surface area (Å²) in [6, 6.07) is 5.31. The van der Waals surface area contributed by atoms with Crippen LogP contribution in [0.3, 0.4) is 0 Å². The zero-order chi connectivity index (χ0) is 20.7. The van der Waals surface area contributed by atoms with Gasteiger partial charge in [0.05, 0.1) is 18.4 Å². The molecule has 1 aromatic heterocycles. The standard InChI is InChI=1S/C21H24N6O3/c28-19-4-3-17(20(29)25-19)26-12-14-2-1-13(7-16(14)21(26)30)8-23-9-15-10-24-27-6-5-22-11-18(15)27/h1-2,7,10,17,22-23H,3-6,8-9,11-12H2,(H,25,28,29). The van der Waals surface area contributed by atoms with Crippen molar-refractivity contribution in [2.24, 2.45) is 0 Å². The van der Waals surface area contributed by atoms with Gasteiger partial charge in [0.2, 0.25) is 11.8 Å². The summed E-state index contributed by atoms with van der Waals surface area (Å²) in [4.78, 5) is 38.1. The van der Waals surface area contributed by atoms with Crippen molar-refractivity contribution in [1.82, 2.24) is 30.6 Å². The van der Waals surface area contributed by atoms with Crippen LogP contribution in [0.1, 0.15) is 45.6 Å². The van der Waals surface area contributed by atoms with Crippen LogP contribution in [0.15, 0.2) is 24.4 Å². The molecule has 1 saturated heterocycles. The van der Waals surface area contributed by atoms with Gasteiger partial charge in [0.15, 0.2) is 0 Å². The van der Waals surface area contributed by atoms with E-state index in [-0.39, 0.29) is 24.1 Å². The first-order chi connectivity index (χ1) is 14.6. The Kier molecular flexibility index (Phi) is 4.84. The molecule has 3 aliphatic rings. The maximum atomic E-state index is 12.9. The number of hydrogen-bond donors (Lipinski definition) is 3. The average Bonchev–Trinajstić information content (AvgIpc) is 3.30. The monoisotopic (exact) mass is 408 g/mol. The third kappa shape index (κ3) is 3.40. The lowest BCUT2D eigenvalue weighted by molar-refractivity contribution is -0.136. The number of aromatic nitrogens is 2. The average molecular weight is 408 g/mol. The number of piperidine rings is 1. The van der Waals surface area contributed by atoms with Crippen molar-refractivity contribution < 1.29 is 14.4 Å². The number of amides is 3. The van der Waals surface area contributed by atoms with Crippen molar-refractivity contribution in [2.75, 3.05) is 6.54 Å². The fourth-order valence-electron chi connectivity index (χ4n) is 4.44. The fraction of sp³-hybridized carbons (Fsp3) is 0.429. The van der Waals surface area contributed by atoms with E-state index in [0.717, 1.165) is 30.8 Å². The summed E-state index contributed by atoms with van der Waals surface area (Å²) in [6.07, 6.45) is 2.56. The van der Waals surface area contributed by atoms with Crippen molar-refractivity contribution in [3.8, 4) is 0 Å². The van der Waals surface area contributed by atoms with Gasteiger partial charge in [-0.2, -0.15) is 5.10 Å². The third-order valence-corrected chi connectivity index (χ3v) is 6.07. The summed E-state index contributed by atoms with van der Waals surface area (Å²) in [5, 5.41) is 13.6. The Bertz CT molecular complexity index is 1030. The molecule has 1 atom stereocenters. The number of hydrogen-bond acceptors (Lipinski definition) is 6. The predicted octanol–water partition coefficient (Wildman–Crippen LogP) is 0.0371. The van der Waals surface area contributed by atoms with E-state index in [4.69, 9.17) is 0 Å². The van der Waals surface area contributed by atoms with Crippen molar-refractivity contribution in [3.63, 3.8) is 0 Å². The molecule has 5 rings (SSSR count). The van der Waals surface area contributed by atoms with Gasteiger partial charge in [-0.3, -0.25) is 24.4 Å². The Hall–Kier alpha value is -3.04. The van der Waals surface area contributed by atoms with Gasteiger partial charge in [-0.15, -0.1) is 0 Å². The van der Waals surface area contributed by atoms with E-state index in [1.807, 2.05) is 29.1 Å². The minimum atomic E-state index is -0.577. The van der Waals surface area contributed by atoms with Crippen molar-refractivity contribution >= 4 is 17.7 Å². The first-order valence-corrected chi connectivity index (χ1v) is 10.3. The molecule has 30 heavy (non-hydrogen) atoms. The summed E-state index contributed by atoms with van der Waals surface area (Å²) in [7, 11) is 0. The molecule has 0 spiro atoms. The number of benzene rings is 1. The first-order valence-electron chi connectivity index (χ1n) is 10.3. The third-order valence-electron chi connectivity index (χ3n) is 6.07. The van der Waals surface area contributed by atoms with Gasteiger partial charge in [0, 0.05) is 50.3 Å². The molecule has 156 valence electrons. The molecule has 1 unspecified atom stereocenters. The molecule has 0 radical (unpaired) electrons. The van der Waals surface area contributed by atoms with Crippen LogP contribution in [0.5, 0.6) is 0 Å². The van der Waals surface area contributed by atoms with Crippen molar-refractivity contribution in [1.29, 1.82) is 0 Å². The molecule has 3 aliphatic heterocycles. The van der Waals surface area contributed by atoms with Gasteiger partial charge in [-0.25, -0.2) is 0 Å². The molecule has 3 amide bonds. The van der Waals surface area contributed by atoms with Crippen LogP contribution in [-0.4, -0.2) is 45.0 Å². The zero-order valence-electron chi connectivity index (χ0n) is 16.6. The molecule has 0 saturated carbocycles. The lowest BCUT2D eigenvalue weighted by atomic mass is 10.0. The van der Waals surface area contributed by atoms with Crippen LogP contribution in [0.4, 0.5) is 0 Å². The molecule has 9 nitrogen and oxygen atoms in total. The topological polar surface area (TPSA) is 108 Å². The number of imide groups is 1. The maximum absolute atomic E-state index is 12.9. The van der Waals surface area contributed by atoms with E-state index in [2.05, 4.69) is 21.0 Å². The molecular formula is C21H24N6O3.